The molecule has 0 aromatic rings. The molecule has 0 aliphatic heterocycles. The van der Waals surface area contributed by atoms with Crippen molar-refractivity contribution in [1.82, 2.24) is 0 Å². The van der Waals surface area contributed by atoms with Crippen LogP contribution in [-0.4, -0.2) is 22.2 Å². The molecule has 0 bridgehead atoms. The molecule has 2 atom stereocenters. The van der Waals surface area contributed by atoms with Gasteiger partial charge >= 0.3 is 11.9 Å². The third kappa shape index (κ3) is 8.51. The predicted molar refractivity (Wildman–Crippen MR) is 98.1 cm³/mol. The molecule has 0 rings (SSSR count). The van der Waals surface area contributed by atoms with E-state index in [9.17, 15) is 19.8 Å². The Balaban J connectivity index is 5.39. The first-order valence-corrected chi connectivity index (χ1v) is 9.59. The summed E-state index contributed by atoms with van der Waals surface area (Å²) in [5.74, 6) is -1.62. The molecule has 0 amide bonds. The fourth-order valence-corrected chi connectivity index (χ4v) is 3.14. The minimum atomic E-state index is -1.06. The normalized spacial score (nSPS) is 14.8. The Morgan fingerprint density at radius 3 is 1.25 bits per heavy atom. The van der Waals surface area contributed by atoms with E-state index in [2.05, 4.69) is 27.7 Å². The Morgan fingerprint density at radius 1 is 0.708 bits per heavy atom. The van der Waals surface area contributed by atoms with Crippen LogP contribution < -0.4 is 0 Å². The quantitative estimate of drug-likeness (QED) is 0.400. The van der Waals surface area contributed by atoms with E-state index >= 15 is 0 Å². The van der Waals surface area contributed by atoms with Gasteiger partial charge in [0.05, 0.1) is 0 Å². The Morgan fingerprint density at radius 2 is 1.04 bits per heavy atom. The summed E-state index contributed by atoms with van der Waals surface area (Å²) in [5.41, 5.74) is 0.251. The molecule has 2 unspecified atom stereocenters. The van der Waals surface area contributed by atoms with Gasteiger partial charge in [0.15, 0.2) is 0 Å². The fourth-order valence-electron chi connectivity index (χ4n) is 3.14. The minimum absolute atomic E-state index is 0.125. The predicted octanol–water partition coefficient (Wildman–Crippen LogP) is 5.67. The molecule has 2 N–H and O–H groups in total. The second kappa shape index (κ2) is 13.0. The van der Waals surface area contributed by atoms with Gasteiger partial charge in [-0.1, -0.05) is 79.1 Å². The van der Waals surface area contributed by atoms with Crippen LogP contribution in [0.15, 0.2) is 11.1 Å². The first kappa shape index (κ1) is 22.7. The Hall–Kier alpha value is -1.32. The molecule has 0 aromatic heterocycles. The number of carboxylic acids is 2. The average Bonchev–Trinajstić information content (AvgIpc) is 2.55. The van der Waals surface area contributed by atoms with E-state index in [1.807, 2.05) is 0 Å². The lowest BCUT2D eigenvalue weighted by molar-refractivity contribution is -0.136. The van der Waals surface area contributed by atoms with E-state index in [4.69, 9.17) is 0 Å². The topological polar surface area (TPSA) is 74.6 Å². The van der Waals surface area contributed by atoms with Crippen LogP contribution in [0.5, 0.6) is 0 Å². The summed E-state index contributed by atoms with van der Waals surface area (Å²) >= 11 is 0. The molecule has 0 radical (unpaired) electrons. The van der Waals surface area contributed by atoms with Crippen molar-refractivity contribution in [2.45, 2.75) is 91.9 Å². The summed E-state index contributed by atoms with van der Waals surface area (Å²) in [4.78, 5) is 23.5. The minimum Gasteiger partial charge on any atom is -0.478 e. The first-order valence-electron chi connectivity index (χ1n) is 9.59. The van der Waals surface area contributed by atoms with Crippen molar-refractivity contribution in [1.29, 1.82) is 0 Å². The summed E-state index contributed by atoms with van der Waals surface area (Å²) < 4.78 is 0. The molecule has 0 spiro atoms. The molecule has 4 nitrogen and oxygen atoms in total. The molecule has 0 aliphatic carbocycles. The molecule has 0 heterocycles. The highest BCUT2D eigenvalue weighted by Gasteiger charge is 2.25. The third-order valence-electron chi connectivity index (χ3n) is 4.95. The zero-order valence-corrected chi connectivity index (χ0v) is 15.9. The average molecular weight is 341 g/mol. The molecular weight excluding hydrogens is 304 g/mol. The lowest BCUT2D eigenvalue weighted by Gasteiger charge is -2.19. The van der Waals surface area contributed by atoms with Gasteiger partial charge in [-0.25, -0.2) is 9.59 Å². The van der Waals surface area contributed by atoms with Gasteiger partial charge in [0, 0.05) is 11.1 Å². The van der Waals surface area contributed by atoms with Crippen LogP contribution in [0.3, 0.4) is 0 Å². The van der Waals surface area contributed by atoms with Crippen LogP contribution in [0.25, 0.3) is 0 Å². The van der Waals surface area contributed by atoms with Crippen molar-refractivity contribution >= 4 is 11.9 Å². The maximum atomic E-state index is 11.7. The third-order valence-corrected chi connectivity index (χ3v) is 4.95. The first-order chi connectivity index (χ1) is 11.4. The summed E-state index contributed by atoms with van der Waals surface area (Å²) in [6.45, 7) is 8.33. The van der Waals surface area contributed by atoms with Gasteiger partial charge in [-0.2, -0.15) is 0 Å². The van der Waals surface area contributed by atoms with Crippen LogP contribution in [0, 0.1) is 11.8 Å². The van der Waals surface area contributed by atoms with Gasteiger partial charge in [0.25, 0.3) is 0 Å². The molecule has 24 heavy (non-hydrogen) atoms. The molecule has 0 saturated carbocycles. The largest absolute Gasteiger partial charge is 0.478 e. The molecule has 0 aromatic carbocycles. The molecule has 0 aliphatic rings. The van der Waals surface area contributed by atoms with Crippen LogP contribution in [-0.2, 0) is 9.59 Å². The lowest BCUT2D eigenvalue weighted by Crippen LogP contribution is -2.17. The lowest BCUT2D eigenvalue weighted by atomic mass is 9.85. The van der Waals surface area contributed by atoms with E-state index in [0.29, 0.717) is 12.8 Å². The molecular formula is C20H36O4. The Bertz CT molecular complexity index is 374. The highest BCUT2D eigenvalue weighted by Crippen LogP contribution is 2.29. The van der Waals surface area contributed by atoms with E-state index in [1.54, 1.807) is 0 Å². The van der Waals surface area contributed by atoms with E-state index < -0.39 is 11.9 Å². The number of unbranched alkanes of at least 4 members (excludes halogenated alkanes) is 2. The number of aliphatic carboxylic acids is 2. The van der Waals surface area contributed by atoms with Crippen molar-refractivity contribution in [2.75, 3.05) is 0 Å². The summed E-state index contributed by atoms with van der Waals surface area (Å²) in [5, 5.41) is 19.2. The van der Waals surface area contributed by atoms with Crippen LogP contribution in [0.2, 0.25) is 0 Å². The standard InChI is InChI=1S/C20H36O4/c1-5-9-11-15(7-3)13-17(19(21)22)18(20(23)24)14-16(8-4)12-10-6-2/h15-16H,5-14H2,1-4H3,(H,21,22)(H,23,24). The summed E-state index contributed by atoms with van der Waals surface area (Å²) in [6.07, 6.45) is 8.70. The van der Waals surface area contributed by atoms with Crippen molar-refractivity contribution in [3.63, 3.8) is 0 Å². The van der Waals surface area contributed by atoms with Crippen molar-refractivity contribution in [2.24, 2.45) is 11.8 Å². The monoisotopic (exact) mass is 340 g/mol. The van der Waals surface area contributed by atoms with Crippen LogP contribution >= 0.6 is 0 Å². The van der Waals surface area contributed by atoms with Gasteiger partial charge in [-0.05, 0) is 24.7 Å². The fraction of sp³-hybridized carbons (Fsp3) is 0.800. The highest BCUT2D eigenvalue weighted by molar-refractivity contribution is 5.98. The Kier molecular flexibility index (Phi) is 12.3. The van der Waals surface area contributed by atoms with Gasteiger partial charge in [0.2, 0.25) is 0 Å². The zero-order valence-electron chi connectivity index (χ0n) is 15.9. The number of carboxylic acid groups (broad SMARTS) is 2. The second-order valence-electron chi connectivity index (χ2n) is 6.81. The number of hydrogen-bond acceptors (Lipinski definition) is 2. The Labute approximate surface area is 147 Å². The van der Waals surface area contributed by atoms with Crippen LogP contribution in [0.1, 0.15) is 91.9 Å². The molecule has 0 fully saturated rings. The van der Waals surface area contributed by atoms with E-state index in [1.165, 1.54) is 0 Å². The molecule has 0 saturated heterocycles. The smallest absolute Gasteiger partial charge is 0.332 e. The number of hydrogen-bond donors (Lipinski definition) is 2. The van der Waals surface area contributed by atoms with Gasteiger partial charge < -0.3 is 10.2 Å². The van der Waals surface area contributed by atoms with E-state index in [0.717, 1.165) is 51.4 Å². The van der Waals surface area contributed by atoms with Crippen LogP contribution in [0.4, 0.5) is 0 Å². The van der Waals surface area contributed by atoms with Crippen molar-refractivity contribution < 1.29 is 19.8 Å². The highest BCUT2D eigenvalue weighted by atomic mass is 16.4. The molecule has 4 heteroatoms. The van der Waals surface area contributed by atoms with E-state index in [-0.39, 0.29) is 23.0 Å². The van der Waals surface area contributed by atoms with Crippen molar-refractivity contribution in [3.05, 3.63) is 11.1 Å². The van der Waals surface area contributed by atoms with Crippen molar-refractivity contribution in [3.8, 4) is 0 Å². The SMILES string of the molecule is CCCCC(CC)CC(C(=O)O)=C(CC(CC)CCCC)C(=O)O. The molecule has 140 valence electrons. The number of rotatable bonds is 14. The maximum Gasteiger partial charge on any atom is 0.332 e. The van der Waals surface area contributed by atoms with Gasteiger partial charge in [-0.3, -0.25) is 0 Å². The number of carbonyl (C=O) groups is 2. The summed E-state index contributed by atoms with van der Waals surface area (Å²) in [6, 6.07) is 0. The second-order valence-corrected chi connectivity index (χ2v) is 6.81. The maximum absolute atomic E-state index is 11.7. The van der Waals surface area contributed by atoms with Gasteiger partial charge in [-0.15, -0.1) is 0 Å². The summed E-state index contributed by atoms with van der Waals surface area (Å²) in [7, 11) is 0. The van der Waals surface area contributed by atoms with Gasteiger partial charge in [0.1, 0.15) is 0 Å². The zero-order chi connectivity index (χ0) is 18.5.